The largest absolute Gasteiger partial charge is 0.274 e. The first-order valence-electron chi connectivity index (χ1n) is 6.66. The molecule has 1 atom stereocenters. The van der Waals surface area contributed by atoms with Crippen molar-refractivity contribution in [3.8, 4) is 0 Å². The van der Waals surface area contributed by atoms with E-state index in [1.54, 1.807) is 12.3 Å². The van der Waals surface area contributed by atoms with Gasteiger partial charge in [0.2, 0.25) is 11.8 Å². The van der Waals surface area contributed by atoms with E-state index in [4.69, 9.17) is 0 Å². The summed E-state index contributed by atoms with van der Waals surface area (Å²) in [5.41, 5.74) is 1.67. The van der Waals surface area contributed by atoms with Crippen molar-refractivity contribution < 1.29 is 9.59 Å². The summed E-state index contributed by atoms with van der Waals surface area (Å²) in [5.74, 6) is -0.319. The molecule has 1 fully saturated rings. The Hall–Kier alpha value is -2.14. The van der Waals surface area contributed by atoms with Gasteiger partial charge in [0, 0.05) is 12.6 Å². The van der Waals surface area contributed by atoms with Crippen LogP contribution in [-0.2, 0) is 9.59 Å². The van der Waals surface area contributed by atoms with Crippen LogP contribution in [0.2, 0.25) is 0 Å². The molecule has 0 unspecified atom stereocenters. The Morgan fingerprint density at radius 2 is 2.05 bits per heavy atom. The van der Waals surface area contributed by atoms with Crippen LogP contribution in [0.5, 0.6) is 0 Å². The molecule has 0 spiro atoms. The van der Waals surface area contributed by atoms with Gasteiger partial charge in [-0.15, -0.1) is 0 Å². The van der Waals surface area contributed by atoms with Crippen LogP contribution in [0.3, 0.4) is 0 Å². The summed E-state index contributed by atoms with van der Waals surface area (Å²) in [5, 5.41) is 0.364. The van der Waals surface area contributed by atoms with Gasteiger partial charge in [-0.1, -0.05) is 30.0 Å². The van der Waals surface area contributed by atoms with Crippen molar-refractivity contribution in [2.45, 2.75) is 23.6 Å². The second kappa shape index (κ2) is 5.69. The number of amides is 2. The molecule has 106 valence electrons. The summed E-state index contributed by atoms with van der Waals surface area (Å²) >= 11 is 1.34. The van der Waals surface area contributed by atoms with Crippen LogP contribution in [0, 0.1) is 6.92 Å². The topological polar surface area (TPSA) is 50.3 Å². The third-order valence-corrected chi connectivity index (χ3v) is 4.40. The molecular weight excluding hydrogens is 284 g/mol. The number of aryl methyl sites for hydroxylation is 1. The first-order valence-corrected chi connectivity index (χ1v) is 7.54. The van der Waals surface area contributed by atoms with Crippen molar-refractivity contribution in [2.24, 2.45) is 0 Å². The number of imide groups is 1. The summed E-state index contributed by atoms with van der Waals surface area (Å²) in [6.07, 6.45) is 1.90. The summed E-state index contributed by atoms with van der Waals surface area (Å²) < 4.78 is 0. The Balaban J connectivity index is 1.82. The summed E-state index contributed by atoms with van der Waals surface area (Å²) in [7, 11) is 0. The van der Waals surface area contributed by atoms with E-state index in [2.05, 4.69) is 4.98 Å². The minimum absolute atomic E-state index is 0.154. The van der Waals surface area contributed by atoms with Crippen molar-refractivity contribution in [2.75, 3.05) is 4.90 Å². The van der Waals surface area contributed by atoms with Gasteiger partial charge in [0.05, 0.1) is 16.0 Å². The van der Waals surface area contributed by atoms with E-state index in [0.717, 1.165) is 10.6 Å². The Kier molecular flexibility index (Phi) is 3.75. The third kappa shape index (κ3) is 2.83. The number of hydrogen-bond donors (Lipinski definition) is 0. The zero-order valence-corrected chi connectivity index (χ0v) is 12.3. The zero-order chi connectivity index (χ0) is 14.8. The maximum Gasteiger partial charge on any atom is 0.247 e. The molecule has 2 heterocycles. The lowest BCUT2D eigenvalue weighted by Crippen LogP contribution is -2.31. The first kappa shape index (κ1) is 13.8. The zero-order valence-electron chi connectivity index (χ0n) is 11.5. The minimum atomic E-state index is -0.395. The summed E-state index contributed by atoms with van der Waals surface area (Å²) in [4.78, 5) is 30.1. The molecule has 0 bridgehead atoms. The Bertz CT molecular complexity index is 688. The molecule has 1 aliphatic rings. The number of hydrogen-bond acceptors (Lipinski definition) is 4. The van der Waals surface area contributed by atoms with Crippen molar-refractivity contribution >= 4 is 29.3 Å². The van der Waals surface area contributed by atoms with E-state index in [1.165, 1.54) is 16.7 Å². The van der Waals surface area contributed by atoms with E-state index in [9.17, 15) is 9.59 Å². The summed E-state index contributed by atoms with van der Waals surface area (Å²) in [6, 6.07) is 13.0. The predicted molar refractivity (Wildman–Crippen MR) is 82.2 cm³/mol. The number of thioether (sulfide) groups is 1. The van der Waals surface area contributed by atoms with Crippen LogP contribution >= 0.6 is 11.8 Å². The number of carbonyl (C=O) groups excluding carboxylic acids is 2. The normalized spacial score (nSPS) is 18.3. The standard InChI is InChI=1S/C16H14N2O2S/c1-11-5-4-6-12(9-11)18-15(19)10-13(16(18)20)21-14-7-2-3-8-17-14/h2-9,13H,10H2,1H3/t13-/m1/s1. The quantitative estimate of drug-likeness (QED) is 0.818. The number of aromatic nitrogens is 1. The van der Waals surface area contributed by atoms with Crippen molar-refractivity contribution in [1.82, 2.24) is 4.98 Å². The first-order chi connectivity index (χ1) is 10.1. The Morgan fingerprint density at radius 3 is 2.76 bits per heavy atom. The average molecular weight is 298 g/mol. The van der Waals surface area contributed by atoms with E-state index < -0.39 is 5.25 Å². The van der Waals surface area contributed by atoms with Gasteiger partial charge in [-0.3, -0.25) is 9.59 Å². The highest BCUT2D eigenvalue weighted by Crippen LogP contribution is 2.33. The molecule has 1 aromatic heterocycles. The number of benzene rings is 1. The Labute approximate surface area is 127 Å². The van der Waals surface area contributed by atoms with E-state index in [0.29, 0.717) is 5.69 Å². The van der Waals surface area contributed by atoms with Gasteiger partial charge in [0.1, 0.15) is 0 Å². The second-order valence-corrected chi connectivity index (χ2v) is 6.11. The smallest absolute Gasteiger partial charge is 0.247 e. The molecular formula is C16H14N2O2S. The molecule has 2 amide bonds. The van der Waals surface area contributed by atoms with Crippen molar-refractivity contribution in [1.29, 1.82) is 0 Å². The fraction of sp³-hybridized carbons (Fsp3) is 0.188. The molecule has 0 aliphatic carbocycles. The highest BCUT2D eigenvalue weighted by atomic mass is 32.2. The van der Waals surface area contributed by atoms with E-state index in [1.807, 2.05) is 43.3 Å². The lowest BCUT2D eigenvalue weighted by atomic mass is 10.2. The molecule has 3 rings (SSSR count). The molecule has 21 heavy (non-hydrogen) atoms. The van der Waals surface area contributed by atoms with Crippen LogP contribution in [-0.4, -0.2) is 22.0 Å². The number of rotatable bonds is 3. The highest BCUT2D eigenvalue weighted by Gasteiger charge is 2.40. The van der Waals surface area contributed by atoms with Crippen LogP contribution in [0.1, 0.15) is 12.0 Å². The number of pyridine rings is 1. The maximum absolute atomic E-state index is 12.5. The summed E-state index contributed by atoms with van der Waals surface area (Å²) in [6.45, 7) is 1.94. The van der Waals surface area contributed by atoms with Crippen LogP contribution in [0.4, 0.5) is 5.69 Å². The average Bonchev–Trinajstić information content (AvgIpc) is 2.74. The minimum Gasteiger partial charge on any atom is -0.274 e. The monoisotopic (exact) mass is 298 g/mol. The number of nitrogens with zero attached hydrogens (tertiary/aromatic N) is 2. The van der Waals surface area contributed by atoms with Crippen LogP contribution < -0.4 is 4.90 Å². The maximum atomic E-state index is 12.5. The molecule has 1 aliphatic heterocycles. The van der Waals surface area contributed by atoms with Gasteiger partial charge >= 0.3 is 0 Å². The van der Waals surface area contributed by atoms with Gasteiger partial charge in [0.15, 0.2) is 0 Å². The van der Waals surface area contributed by atoms with E-state index >= 15 is 0 Å². The van der Waals surface area contributed by atoms with Gasteiger partial charge in [-0.2, -0.15) is 0 Å². The van der Waals surface area contributed by atoms with Crippen molar-refractivity contribution in [3.05, 3.63) is 54.2 Å². The SMILES string of the molecule is Cc1cccc(N2C(=O)C[C@@H](Sc3ccccn3)C2=O)c1. The molecule has 0 radical (unpaired) electrons. The van der Waals surface area contributed by atoms with E-state index in [-0.39, 0.29) is 18.2 Å². The van der Waals surface area contributed by atoms with Gasteiger partial charge < -0.3 is 0 Å². The lowest BCUT2D eigenvalue weighted by Gasteiger charge is -2.15. The van der Waals surface area contributed by atoms with Gasteiger partial charge in [0.25, 0.3) is 0 Å². The molecule has 5 heteroatoms. The molecule has 2 aromatic rings. The molecule has 1 saturated heterocycles. The predicted octanol–water partition coefficient (Wildman–Crippen LogP) is 2.81. The van der Waals surface area contributed by atoms with Crippen molar-refractivity contribution in [3.63, 3.8) is 0 Å². The molecule has 4 nitrogen and oxygen atoms in total. The molecule has 1 aromatic carbocycles. The van der Waals surface area contributed by atoms with Crippen LogP contribution in [0.15, 0.2) is 53.7 Å². The number of anilines is 1. The van der Waals surface area contributed by atoms with Gasteiger partial charge in [-0.25, -0.2) is 9.88 Å². The number of carbonyl (C=O) groups is 2. The Morgan fingerprint density at radius 1 is 1.19 bits per heavy atom. The molecule has 0 saturated carbocycles. The fourth-order valence-corrected chi connectivity index (χ4v) is 3.30. The third-order valence-electron chi connectivity index (χ3n) is 3.27. The van der Waals surface area contributed by atoms with Gasteiger partial charge in [-0.05, 0) is 36.8 Å². The lowest BCUT2D eigenvalue weighted by molar-refractivity contribution is -0.121. The van der Waals surface area contributed by atoms with Crippen LogP contribution in [0.25, 0.3) is 0 Å². The fourth-order valence-electron chi connectivity index (χ4n) is 2.30. The second-order valence-electron chi connectivity index (χ2n) is 4.88. The highest BCUT2D eigenvalue weighted by molar-refractivity contribution is 8.00. The molecule has 0 N–H and O–H groups in total.